The molecule has 0 saturated carbocycles. The number of esters is 1. The first-order chi connectivity index (χ1) is 30.0. The lowest BCUT2D eigenvalue weighted by molar-refractivity contribution is -0.148. The maximum atomic E-state index is 13.2. The number of carbonyl (C=O) groups is 2. The maximum Gasteiger partial charge on any atom is 0.306 e. The van der Waals surface area contributed by atoms with Crippen LogP contribution in [0.25, 0.3) is 0 Å². The normalized spacial score (nSPS) is 13.7. The summed E-state index contributed by atoms with van der Waals surface area (Å²) in [6.45, 7) is 6.33. The molecule has 0 aliphatic rings. The largest absolute Gasteiger partial charge is 0.458 e. The molecule has 0 aliphatic carbocycles. The lowest BCUT2D eigenvalue weighted by Gasteiger charge is -2.23. The van der Waals surface area contributed by atoms with E-state index in [9.17, 15) is 19.8 Å². The highest BCUT2D eigenvalue weighted by Crippen LogP contribution is 2.17. The van der Waals surface area contributed by atoms with Crippen LogP contribution < -0.4 is 5.32 Å². The fourth-order valence-corrected chi connectivity index (χ4v) is 7.69. The molecule has 0 heterocycles. The second-order valence-electron chi connectivity index (χ2n) is 17.6. The molecule has 0 aromatic heterocycles. The zero-order valence-electron chi connectivity index (χ0n) is 40.3. The second-order valence-corrected chi connectivity index (χ2v) is 17.6. The number of hydrogen-bond acceptors (Lipinski definition) is 5. The predicted molar refractivity (Wildman–Crippen MR) is 264 cm³/mol. The van der Waals surface area contributed by atoms with Crippen LogP contribution in [0.5, 0.6) is 0 Å². The van der Waals surface area contributed by atoms with Gasteiger partial charge in [0, 0.05) is 6.42 Å². The number of aliphatic hydroxyl groups is 2. The van der Waals surface area contributed by atoms with Crippen molar-refractivity contribution in [3.05, 3.63) is 60.8 Å². The van der Waals surface area contributed by atoms with Crippen molar-refractivity contribution in [1.29, 1.82) is 0 Å². The molecule has 0 fully saturated rings. The second kappa shape index (κ2) is 48.6. The van der Waals surface area contributed by atoms with Gasteiger partial charge in [0.25, 0.3) is 0 Å². The van der Waals surface area contributed by atoms with Gasteiger partial charge in [0.2, 0.25) is 5.91 Å². The fourth-order valence-electron chi connectivity index (χ4n) is 7.69. The lowest BCUT2D eigenvalue weighted by Crippen LogP contribution is -2.46. The van der Waals surface area contributed by atoms with Crippen molar-refractivity contribution in [2.45, 2.75) is 270 Å². The van der Waals surface area contributed by atoms with E-state index in [2.05, 4.69) is 74.7 Å². The minimum atomic E-state index is -0.818. The molecule has 6 heteroatoms. The van der Waals surface area contributed by atoms with Crippen molar-refractivity contribution in [2.75, 3.05) is 6.61 Å². The molecule has 0 bridgehead atoms. The van der Waals surface area contributed by atoms with Gasteiger partial charge in [-0.25, -0.2) is 0 Å². The van der Waals surface area contributed by atoms with E-state index in [0.717, 1.165) is 64.2 Å². The van der Waals surface area contributed by atoms with Crippen LogP contribution in [0.4, 0.5) is 0 Å². The molecule has 0 rings (SSSR count). The van der Waals surface area contributed by atoms with Crippen LogP contribution in [0.3, 0.4) is 0 Å². The van der Waals surface area contributed by atoms with Gasteiger partial charge in [0.05, 0.1) is 25.2 Å². The molecule has 354 valence electrons. The Morgan fingerprint density at radius 1 is 0.492 bits per heavy atom. The summed E-state index contributed by atoms with van der Waals surface area (Å²) in [5.41, 5.74) is 0. The molecular weight excluding hydrogens is 755 g/mol. The number of amides is 1. The molecule has 0 spiro atoms. The Balaban J connectivity index is 4.63. The summed E-state index contributed by atoms with van der Waals surface area (Å²) in [5, 5.41) is 23.7. The van der Waals surface area contributed by atoms with Gasteiger partial charge in [-0.2, -0.15) is 0 Å². The summed E-state index contributed by atoms with van der Waals surface area (Å²) in [4.78, 5) is 26.0. The van der Waals surface area contributed by atoms with Crippen LogP contribution in [-0.2, 0) is 14.3 Å². The highest BCUT2D eigenvalue weighted by Gasteiger charge is 2.23. The van der Waals surface area contributed by atoms with E-state index in [-0.39, 0.29) is 24.9 Å². The maximum absolute atomic E-state index is 13.2. The molecule has 61 heavy (non-hydrogen) atoms. The molecule has 3 N–H and O–H groups in total. The Hall–Kier alpha value is -2.44. The first-order valence-electron chi connectivity index (χ1n) is 26.0. The van der Waals surface area contributed by atoms with Gasteiger partial charge in [0.1, 0.15) is 6.10 Å². The standard InChI is InChI=1S/C55H99NO5/c1-4-7-10-13-16-19-22-24-26-27-28-30-33-35-38-41-44-47-53(58)52(50-57)56-54(59)49-51(46-43-40-37-34-32-29-25-23-20-17-14-11-8-5-2)61-55(60)48-45-42-39-36-31-21-18-15-12-9-6-3/h8,11,17,20,25,29,34,37,43,46,51-53,57-58H,4-7,9-10,12-16,18-19,21-24,26-28,30-33,35-36,38-42,44-45,47-50H2,1-3H3,(H,56,59)/b11-8+,20-17+,29-25+,37-34+,46-43+. The predicted octanol–water partition coefficient (Wildman–Crippen LogP) is 15.6. The van der Waals surface area contributed by atoms with Crippen LogP contribution in [0.15, 0.2) is 60.8 Å². The monoisotopic (exact) mass is 854 g/mol. The number of aliphatic hydroxyl groups excluding tert-OH is 2. The summed E-state index contributed by atoms with van der Waals surface area (Å²) in [7, 11) is 0. The molecule has 6 nitrogen and oxygen atoms in total. The van der Waals surface area contributed by atoms with Gasteiger partial charge in [-0.15, -0.1) is 0 Å². The summed E-state index contributed by atoms with van der Waals surface area (Å²) >= 11 is 0. The summed E-state index contributed by atoms with van der Waals surface area (Å²) < 4.78 is 5.81. The van der Waals surface area contributed by atoms with E-state index in [1.165, 1.54) is 141 Å². The third-order valence-corrected chi connectivity index (χ3v) is 11.6. The van der Waals surface area contributed by atoms with Crippen LogP contribution in [0, 0.1) is 0 Å². The van der Waals surface area contributed by atoms with E-state index in [1.54, 1.807) is 6.08 Å². The summed E-state index contributed by atoms with van der Waals surface area (Å²) in [6.07, 6.45) is 60.3. The number of ether oxygens (including phenoxy) is 1. The van der Waals surface area contributed by atoms with Gasteiger partial charge in [-0.3, -0.25) is 9.59 Å². The Bertz CT molecular complexity index is 1090. The van der Waals surface area contributed by atoms with Crippen molar-refractivity contribution >= 4 is 11.9 Å². The first kappa shape index (κ1) is 58.6. The molecule has 3 atom stereocenters. The number of nitrogens with one attached hydrogen (secondary N) is 1. The average molecular weight is 854 g/mol. The minimum absolute atomic E-state index is 0.0446. The van der Waals surface area contributed by atoms with E-state index >= 15 is 0 Å². The molecule has 1 amide bonds. The SMILES string of the molecule is CC/C=C/C/C=C/C/C=C/C/C=C/C/C=C/C(CC(=O)NC(CO)C(O)CCCCCCCCCCCCCCCCCCC)OC(=O)CCCCCCCCCCCCC. The van der Waals surface area contributed by atoms with Crippen LogP contribution in [-0.4, -0.2) is 46.9 Å². The van der Waals surface area contributed by atoms with Crippen molar-refractivity contribution in [2.24, 2.45) is 0 Å². The minimum Gasteiger partial charge on any atom is -0.458 e. The van der Waals surface area contributed by atoms with Crippen molar-refractivity contribution in [3.8, 4) is 0 Å². The van der Waals surface area contributed by atoms with Crippen LogP contribution in [0.2, 0.25) is 0 Å². The van der Waals surface area contributed by atoms with E-state index in [1.807, 2.05) is 6.08 Å². The quantitative estimate of drug-likeness (QED) is 0.0322. The Morgan fingerprint density at radius 3 is 1.25 bits per heavy atom. The highest BCUT2D eigenvalue weighted by molar-refractivity contribution is 5.78. The Labute approximate surface area is 378 Å². The zero-order valence-corrected chi connectivity index (χ0v) is 40.3. The first-order valence-corrected chi connectivity index (χ1v) is 26.0. The third-order valence-electron chi connectivity index (χ3n) is 11.6. The highest BCUT2D eigenvalue weighted by atomic mass is 16.5. The molecule has 0 aliphatic heterocycles. The molecule has 0 aromatic rings. The number of unbranched alkanes of at least 4 members (excludes halogenated alkanes) is 26. The van der Waals surface area contributed by atoms with Crippen molar-refractivity contribution in [3.63, 3.8) is 0 Å². The van der Waals surface area contributed by atoms with Crippen molar-refractivity contribution < 1.29 is 24.5 Å². The van der Waals surface area contributed by atoms with Gasteiger partial charge >= 0.3 is 5.97 Å². The summed E-state index contributed by atoms with van der Waals surface area (Å²) in [5.74, 6) is -0.624. The Morgan fingerprint density at radius 2 is 0.852 bits per heavy atom. The van der Waals surface area contributed by atoms with Gasteiger partial charge < -0.3 is 20.3 Å². The zero-order chi connectivity index (χ0) is 44.5. The number of carbonyl (C=O) groups excluding carboxylic acids is 2. The molecular formula is C55H99NO5. The molecule has 3 unspecified atom stereocenters. The number of allylic oxidation sites excluding steroid dienone is 9. The topological polar surface area (TPSA) is 95.9 Å². The van der Waals surface area contributed by atoms with Gasteiger partial charge in [-0.1, -0.05) is 249 Å². The van der Waals surface area contributed by atoms with E-state index in [4.69, 9.17) is 4.74 Å². The smallest absolute Gasteiger partial charge is 0.306 e. The number of hydrogen-bond donors (Lipinski definition) is 3. The Kier molecular flexibility index (Phi) is 46.6. The number of rotatable bonds is 46. The third kappa shape index (κ3) is 44.0. The molecule has 0 radical (unpaired) electrons. The van der Waals surface area contributed by atoms with Crippen molar-refractivity contribution in [1.82, 2.24) is 5.32 Å². The van der Waals surface area contributed by atoms with E-state index < -0.39 is 18.2 Å². The van der Waals surface area contributed by atoms with E-state index in [0.29, 0.717) is 19.3 Å². The summed E-state index contributed by atoms with van der Waals surface area (Å²) in [6, 6.07) is -0.741. The van der Waals surface area contributed by atoms with Crippen LogP contribution in [0.1, 0.15) is 252 Å². The van der Waals surface area contributed by atoms with Gasteiger partial charge in [-0.05, 0) is 51.0 Å². The fraction of sp³-hybridized carbons (Fsp3) is 0.782. The average Bonchev–Trinajstić information content (AvgIpc) is 3.25. The molecule has 0 saturated heterocycles. The lowest BCUT2D eigenvalue weighted by atomic mass is 10.0. The molecule has 0 aromatic carbocycles. The van der Waals surface area contributed by atoms with Crippen LogP contribution >= 0.6 is 0 Å². The van der Waals surface area contributed by atoms with Gasteiger partial charge in [0.15, 0.2) is 0 Å².